The van der Waals surface area contributed by atoms with Crippen LogP contribution in [0.25, 0.3) is 22.4 Å². The van der Waals surface area contributed by atoms with Crippen LogP contribution >= 0.6 is 11.8 Å². The Morgan fingerprint density at radius 3 is 2.55 bits per heavy atom. The van der Waals surface area contributed by atoms with Gasteiger partial charge >= 0.3 is 0 Å². The van der Waals surface area contributed by atoms with Crippen molar-refractivity contribution in [2.75, 3.05) is 5.75 Å². The summed E-state index contributed by atoms with van der Waals surface area (Å²) in [6, 6.07) is 15.5. The molecule has 0 N–H and O–H groups in total. The smallest absolute Gasteiger partial charge is 0.144 e. The highest BCUT2D eigenvalue weighted by atomic mass is 32.2. The van der Waals surface area contributed by atoms with Crippen molar-refractivity contribution in [1.29, 1.82) is 0 Å². The Balaban J connectivity index is 1.92. The predicted molar refractivity (Wildman–Crippen MR) is 112 cm³/mol. The number of rotatable bonds is 6. The minimum absolute atomic E-state index is 0.0558. The molecule has 148 valence electrons. The second kappa shape index (κ2) is 8.33. The van der Waals surface area contributed by atoms with Crippen LogP contribution in [-0.4, -0.2) is 15.3 Å². The zero-order valence-corrected chi connectivity index (χ0v) is 16.6. The molecule has 0 saturated carbocycles. The summed E-state index contributed by atoms with van der Waals surface area (Å²) in [5.41, 5.74) is 1.92. The van der Waals surface area contributed by atoms with Crippen LogP contribution in [0.4, 0.5) is 13.2 Å². The summed E-state index contributed by atoms with van der Waals surface area (Å²) in [6.45, 7) is 2.27. The highest BCUT2D eigenvalue weighted by molar-refractivity contribution is 7.99. The van der Waals surface area contributed by atoms with Gasteiger partial charge in [0.1, 0.15) is 23.3 Å². The zero-order chi connectivity index (χ0) is 20.4. The van der Waals surface area contributed by atoms with Crippen LogP contribution in [0, 0.1) is 17.5 Å². The first-order chi connectivity index (χ1) is 14.1. The quantitative estimate of drug-likeness (QED) is 0.329. The summed E-state index contributed by atoms with van der Waals surface area (Å²) in [5, 5.41) is 0. The topological polar surface area (TPSA) is 17.8 Å². The molecule has 0 aliphatic heterocycles. The number of thioether (sulfide) groups is 1. The van der Waals surface area contributed by atoms with Crippen LogP contribution in [0.1, 0.15) is 18.9 Å². The number of nitrogens with zero attached hydrogens (tertiary/aromatic N) is 2. The van der Waals surface area contributed by atoms with Crippen molar-refractivity contribution in [1.82, 2.24) is 9.55 Å². The summed E-state index contributed by atoms with van der Waals surface area (Å²) in [5.74, 6) is -0.227. The van der Waals surface area contributed by atoms with Crippen molar-refractivity contribution in [2.45, 2.75) is 24.8 Å². The van der Waals surface area contributed by atoms with Gasteiger partial charge in [-0.2, -0.15) is 0 Å². The summed E-state index contributed by atoms with van der Waals surface area (Å²) >= 11 is 1.71. The first-order valence-electron chi connectivity index (χ1n) is 9.38. The van der Waals surface area contributed by atoms with Gasteiger partial charge in [-0.25, -0.2) is 18.2 Å². The molecule has 29 heavy (non-hydrogen) atoms. The van der Waals surface area contributed by atoms with Crippen molar-refractivity contribution in [3.8, 4) is 11.4 Å². The molecule has 1 aromatic heterocycles. The lowest BCUT2D eigenvalue weighted by atomic mass is 10.1. The van der Waals surface area contributed by atoms with Crippen molar-refractivity contribution < 1.29 is 13.2 Å². The molecular weight excluding hydrogens is 393 g/mol. The monoisotopic (exact) mass is 412 g/mol. The molecule has 0 spiro atoms. The number of fused-ring (bicyclic) bond motifs is 1. The van der Waals surface area contributed by atoms with E-state index in [9.17, 15) is 13.2 Å². The van der Waals surface area contributed by atoms with E-state index in [1.165, 1.54) is 6.07 Å². The first kappa shape index (κ1) is 19.6. The number of hydrogen-bond donors (Lipinski definition) is 0. The van der Waals surface area contributed by atoms with Gasteiger partial charge in [-0.15, -0.1) is 11.8 Å². The van der Waals surface area contributed by atoms with E-state index in [4.69, 9.17) is 0 Å². The summed E-state index contributed by atoms with van der Waals surface area (Å²) in [4.78, 5) is 5.61. The largest absolute Gasteiger partial charge is 0.319 e. The molecule has 0 radical (unpaired) electrons. The molecule has 0 aliphatic carbocycles. The van der Waals surface area contributed by atoms with Crippen LogP contribution in [0.3, 0.4) is 0 Å². The van der Waals surface area contributed by atoms with E-state index in [2.05, 4.69) is 11.9 Å². The second-order valence-corrected chi connectivity index (χ2v) is 7.90. The van der Waals surface area contributed by atoms with E-state index in [0.29, 0.717) is 11.1 Å². The van der Waals surface area contributed by atoms with Crippen molar-refractivity contribution in [3.63, 3.8) is 0 Å². The molecule has 0 saturated heterocycles. The molecule has 2 nitrogen and oxygen atoms in total. The maximum Gasteiger partial charge on any atom is 0.144 e. The molecule has 0 atom stereocenters. The van der Waals surface area contributed by atoms with Gasteiger partial charge in [-0.3, -0.25) is 0 Å². The molecule has 4 rings (SSSR count). The molecule has 0 amide bonds. The molecule has 0 unspecified atom stereocenters. The van der Waals surface area contributed by atoms with Crippen LogP contribution in [0.15, 0.2) is 65.6 Å². The summed E-state index contributed by atoms with van der Waals surface area (Å²) in [6.07, 6.45) is 1.04. The van der Waals surface area contributed by atoms with Gasteiger partial charge in [-0.05, 0) is 54.6 Å². The molecule has 6 heteroatoms. The highest BCUT2D eigenvalue weighted by Gasteiger charge is 2.18. The van der Waals surface area contributed by atoms with Crippen molar-refractivity contribution in [2.24, 2.45) is 0 Å². The standard InChI is InChI=1S/C23H19F3N2S/c1-2-11-29-17-8-10-21-22(13-17)28(14-15-5-3-4-6-19(15)25)23(27-21)18-12-16(24)7-9-20(18)26/h3-10,12-13H,2,11,14H2,1H3. The van der Waals surface area contributed by atoms with Crippen LogP contribution in [0.2, 0.25) is 0 Å². The normalized spacial score (nSPS) is 11.3. The van der Waals surface area contributed by atoms with Gasteiger partial charge in [0.05, 0.1) is 23.1 Å². The van der Waals surface area contributed by atoms with Gasteiger partial charge in [0.15, 0.2) is 0 Å². The highest BCUT2D eigenvalue weighted by Crippen LogP contribution is 2.31. The third-order valence-electron chi connectivity index (χ3n) is 4.65. The lowest BCUT2D eigenvalue weighted by Gasteiger charge is -2.11. The average Bonchev–Trinajstić information content (AvgIpc) is 3.07. The Kier molecular flexibility index (Phi) is 5.62. The van der Waals surface area contributed by atoms with Crippen molar-refractivity contribution in [3.05, 3.63) is 83.7 Å². The number of imidazole rings is 1. The average molecular weight is 412 g/mol. The van der Waals surface area contributed by atoms with Crippen molar-refractivity contribution >= 4 is 22.8 Å². The lowest BCUT2D eigenvalue weighted by Crippen LogP contribution is -2.05. The predicted octanol–water partition coefficient (Wildman–Crippen LogP) is 6.67. The minimum atomic E-state index is -0.572. The zero-order valence-electron chi connectivity index (χ0n) is 15.8. The molecule has 4 aromatic rings. The fraction of sp³-hybridized carbons (Fsp3) is 0.174. The van der Waals surface area contributed by atoms with Crippen LogP contribution in [0.5, 0.6) is 0 Å². The maximum absolute atomic E-state index is 14.5. The van der Waals surface area contributed by atoms with E-state index in [-0.39, 0.29) is 23.7 Å². The molecule has 0 fully saturated rings. The Labute approximate surface area is 171 Å². The second-order valence-electron chi connectivity index (χ2n) is 6.74. The Morgan fingerprint density at radius 1 is 0.931 bits per heavy atom. The molecule has 3 aromatic carbocycles. The van der Waals surface area contributed by atoms with Gasteiger partial charge in [-0.1, -0.05) is 25.1 Å². The Hall–Kier alpha value is -2.73. The summed E-state index contributed by atoms with van der Waals surface area (Å²) in [7, 11) is 0. The van der Waals surface area contributed by atoms with Gasteiger partial charge in [0, 0.05) is 10.5 Å². The van der Waals surface area contributed by atoms with E-state index >= 15 is 0 Å². The fourth-order valence-corrected chi connectivity index (χ4v) is 4.04. The van der Waals surface area contributed by atoms with E-state index in [0.717, 1.165) is 40.8 Å². The number of hydrogen-bond acceptors (Lipinski definition) is 2. The summed E-state index contributed by atoms with van der Waals surface area (Å²) < 4.78 is 44.5. The van der Waals surface area contributed by atoms with Crippen LogP contribution < -0.4 is 0 Å². The Morgan fingerprint density at radius 2 is 1.76 bits per heavy atom. The van der Waals surface area contributed by atoms with E-state index < -0.39 is 11.6 Å². The van der Waals surface area contributed by atoms with Gasteiger partial charge < -0.3 is 4.57 Å². The maximum atomic E-state index is 14.5. The third kappa shape index (κ3) is 4.03. The van der Waals surface area contributed by atoms with Crippen LogP contribution in [-0.2, 0) is 6.54 Å². The molecule has 0 bridgehead atoms. The number of halogens is 3. The number of aromatic nitrogens is 2. The Bertz CT molecular complexity index is 1170. The van der Waals surface area contributed by atoms with E-state index in [1.807, 2.05) is 18.2 Å². The SMILES string of the molecule is CCCSc1ccc2nc(-c3cc(F)ccc3F)n(Cc3ccccc3F)c2c1. The molecular formula is C23H19F3N2S. The van der Waals surface area contributed by atoms with E-state index in [1.54, 1.807) is 34.5 Å². The number of benzene rings is 3. The van der Waals surface area contributed by atoms with Gasteiger partial charge in [0.2, 0.25) is 0 Å². The fourth-order valence-electron chi connectivity index (χ4n) is 3.24. The molecule has 0 aliphatic rings. The molecule has 1 heterocycles. The lowest BCUT2D eigenvalue weighted by molar-refractivity contribution is 0.596. The first-order valence-corrected chi connectivity index (χ1v) is 10.4. The minimum Gasteiger partial charge on any atom is -0.319 e. The van der Waals surface area contributed by atoms with Gasteiger partial charge in [0.25, 0.3) is 0 Å². The third-order valence-corrected chi connectivity index (χ3v) is 5.85.